The Hall–Kier alpha value is -3.09. The van der Waals surface area contributed by atoms with E-state index in [2.05, 4.69) is 10.6 Å². The van der Waals surface area contributed by atoms with Gasteiger partial charge in [-0.15, -0.1) is 0 Å². The second-order valence-corrected chi connectivity index (χ2v) is 5.19. The number of carbonyl (C=O) groups excluding carboxylic acids is 2. The van der Waals surface area contributed by atoms with Gasteiger partial charge in [0.15, 0.2) is 13.2 Å². The van der Waals surface area contributed by atoms with Crippen molar-refractivity contribution < 1.29 is 23.5 Å². The highest BCUT2D eigenvalue weighted by Crippen LogP contribution is 2.28. The summed E-state index contributed by atoms with van der Waals surface area (Å²) in [6.07, 6.45) is 0. The molecule has 0 radical (unpaired) electrons. The summed E-state index contributed by atoms with van der Waals surface area (Å²) in [5.41, 5.74) is 1.43. The first kappa shape index (κ1) is 15.8. The zero-order valence-electron chi connectivity index (χ0n) is 12.7. The van der Waals surface area contributed by atoms with Crippen molar-refractivity contribution >= 4 is 17.5 Å². The molecule has 2 amide bonds. The quantitative estimate of drug-likeness (QED) is 0.877. The van der Waals surface area contributed by atoms with E-state index in [-0.39, 0.29) is 31.6 Å². The van der Waals surface area contributed by atoms with E-state index >= 15 is 0 Å². The number of hydrogen-bond acceptors (Lipinski definition) is 4. The van der Waals surface area contributed by atoms with Gasteiger partial charge in [-0.25, -0.2) is 4.39 Å². The van der Waals surface area contributed by atoms with Gasteiger partial charge in [0.05, 0.1) is 5.69 Å². The lowest BCUT2D eigenvalue weighted by molar-refractivity contribution is -0.123. The number of benzene rings is 2. The number of rotatable bonds is 5. The molecule has 2 N–H and O–H groups in total. The van der Waals surface area contributed by atoms with E-state index in [1.807, 2.05) is 0 Å². The highest BCUT2D eigenvalue weighted by molar-refractivity contribution is 5.95. The second-order valence-electron chi connectivity index (χ2n) is 5.19. The van der Waals surface area contributed by atoms with Gasteiger partial charge < -0.3 is 20.1 Å². The minimum Gasteiger partial charge on any atom is -0.484 e. The average molecular weight is 330 g/mol. The zero-order valence-corrected chi connectivity index (χ0v) is 12.7. The smallest absolute Gasteiger partial charge is 0.262 e. The van der Waals surface area contributed by atoms with Crippen LogP contribution in [-0.2, 0) is 16.1 Å². The van der Waals surface area contributed by atoms with Crippen molar-refractivity contribution in [3.63, 3.8) is 0 Å². The Balaban J connectivity index is 1.50. The van der Waals surface area contributed by atoms with Gasteiger partial charge in [0.2, 0.25) is 0 Å². The maximum absolute atomic E-state index is 13.0. The summed E-state index contributed by atoms with van der Waals surface area (Å²) in [5.74, 6) is -0.0845. The van der Waals surface area contributed by atoms with Crippen LogP contribution < -0.4 is 20.1 Å². The molecule has 124 valence electrons. The van der Waals surface area contributed by atoms with Crippen molar-refractivity contribution in [3.05, 3.63) is 53.8 Å². The molecule has 0 saturated carbocycles. The van der Waals surface area contributed by atoms with Crippen LogP contribution in [0.3, 0.4) is 0 Å². The van der Waals surface area contributed by atoms with Crippen LogP contribution in [0.2, 0.25) is 0 Å². The maximum atomic E-state index is 13.0. The van der Waals surface area contributed by atoms with Gasteiger partial charge in [0.25, 0.3) is 11.8 Å². The first-order chi connectivity index (χ1) is 11.6. The van der Waals surface area contributed by atoms with Crippen molar-refractivity contribution in [1.82, 2.24) is 5.32 Å². The Kier molecular flexibility index (Phi) is 4.60. The molecule has 0 saturated heterocycles. The molecule has 0 spiro atoms. The number of nitrogens with one attached hydrogen (secondary N) is 2. The summed E-state index contributed by atoms with van der Waals surface area (Å²) < 4.78 is 23.5. The molecule has 0 aromatic heterocycles. The fraction of sp³-hybridized carbons (Fsp3) is 0.176. The van der Waals surface area contributed by atoms with E-state index in [9.17, 15) is 14.0 Å². The third-order valence-electron chi connectivity index (χ3n) is 3.33. The highest BCUT2D eigenvalue weighted by Gasteiger charge is 2.16. The number of ether oxygens (including phenoxy) is 2. The van der Waals surface area contributed by atoms with Crippen molar-refractivity contribution in [2.24, 2.45) is 0 Å². The van der Waals surface area contributed by atoms with E-state index in [1.54, 1.807) is 24.3 Å². The third-order valence-corrected chi connectivity index (χ3v) is 3.33. The molecule has 2 aromatic carbocycles. The topological polar surface area (TPSA) is 76.7 Å². The molecule has 0 atom stereocenters. The van der Waals surface area contributed by atoms with Crippen LogP contribution in [0.5, 0.6) is 11.5 Å². The molecular formula is C17H15FN2O4. The maximum Gasteiger partial charge on any atom is 0.262 e. The molecule has 0 bridgehead atoms. The molecule has 24 heavy (non-hydrogen) atoms. The molecular weight excluding hydrogens is 315 g/mol. The van der Waals surface area contributed by atoms with E-state index in [0.29, 0.717) is 17.2 Å². The molecule has 2 aromatic rings. The van der Waals surface area contributed by atoms with Crippen molar-refractivity contribution in [2.45, 2.75) is 6.54 Å². The number of carbonyl (C=O) groups is 2. The van der Waals surface area contributed by atoms with Crippen LogP contribution in [0.25, 0.3) is 0 Å². The minimum absolute atomic E-state index is 0.0235. The van der Waals surface area contributed by atoms with Gasteiger partial charge in [-0.1, -0.05) is 12.1 Å². The SMILES string of the molecule is O=C(COc1cccc(F)c1)NCc1ccc2c(c1)OCC(=O)N2. The van der Waals surface area contributed by atoms with E-state index < -0.39 is 5.82 Å². The minimum atomic E-state index is -0.422. The molecule has 3 rings (SSSR count). The van der Waals surface area contributed by atoms with E-state index in [1.165, 1.54) is 18.2 Å². The average Bonchev–Trinajstić information content (AvgIpc) is 2.58. The fourth-order valence-electron chi connectivity index (χ4n) is 2.19. The Morgan fingerprint density at radius 1 is 1.29 bits per heavy atom. The predicted octanol–water partition coefficient (Wildman–Crippen LogP) is 1.85. The largest absolute Gasteiger partial charge is 0.484 e. The number of anilines is 1. The van der Waals surface area contributed by atoms with Crippen molar-refractivity contribution in [3.8, 4) is 11.5 Å². The van der Waals surface area contributed by atoms with Crippen molar-refractivity contribution in [1.29, 1.82) is 0 Å². The van der Waals surface area contributed by atoms with Crippen LogP contribution in [0.1, 0.15) is 5.56 Å². The molecule has 1 heterocycles. The fourth-order valence-corrected chi connectivity index (χ4v) is 2.19. The summed E-state index contributed by atoms with van der Waals surface area (Å²) in [4.78, 5) is 23.0. The van der Waals surface area contributed by atoms with Gasteiger partial charge in [-0.2, -0.15) is 0 Å². The highest BCUT2D eigenvalue weighted by atomic mass is 19.1. The lowest BCUT2D eigenvalue weighted by Gasteiger charge is -2.18. The van der Waals surface area contributed by atoms with Crippen LogP contribution in [0, 0.1) is 5.82 Å². The van der Waals surface area contributed by atoms with Gasteiger partial charge in [-0.3, -0.25) is 9.59 Å². The first-order valence-electron chi connectivity index (χ1n) is 7.31. The van der Waals surface area contributed by atoms with E-state index in [0.717, 1.165) is 5.56 Å². The van der Waals surface area contributed by atoms with Gasteiger partial charge >= 0.3 is 0 Å². The predicted molar refractivity (Wildman–Crippen MR) is 84.3 cm³/mol. The van der Waals surface area contributed by atoms with Gasteiger partial charge in [0, 0.05) is 12.6 Å². The summed E-state index contributed by atoms with van der Waals surface area (Å²) in [5, 5.41) is 5.39. The molecule has 0 aliphatic carbocycles. The second kappa shape index (κ2) is 6.99. The molecule has 1 aliphatic rings. The number of halogens is 1. The monoisotopic (exact) mass is 330 g/mol. The first-order valence-corrected chi connectivity index (χ1v) is 7.31. The molecule has 0 fully saturated rings. The zero-order chi connectivity index (χ0) is 16.9. The van der Waals surface area contributed by atoms with E-state index in [4.69, 9.17) is 9.47 Å². The van der Waals surface area contributed by atoms with Crippen LogP contribution in [-0.4, -0.2) is 25.0 Å². The van der Waals surface area contributed by atoms with Crippen LogP contribution >= 0.6 is 0 Å². The Labute approximate surface area is 137 Å². The molecule has 1 aliphatic heterocycles. The summed E-state index contributed by atoms with van der Waals surface area (Å²) in [6.45, 7) is 0.0567. The Morgan fingerprint density at radius 3 is 3.00 bits per heavy atom. The molecule has 7 heteroatoms. The normalized spacial score (nSPS) is 12.6. The van der Waals surface area contributed by atoms with Crippen LogP contribution in [0.4, 0.5) is 10.1 Å². The summed E-state index contributed by atoms with van der Waals surface area (Å²) >= 11 is 0. The Morgan fingerprint density at radius 2 is 2.17 bits per heavy atom. The Bertz CT molecular complexity index is 779. The lowest BCUT2D eigenvalue weighted by atomic mass is 10.1. The van der Waals surface area contributed by atoms with Crippen LogP contribution in [0.15, 0.2) is 42.5 Å². The molecule has 6 nitrogen and oxygen atoms in total. The summed E-state index contributed by atoms with van der Waals surface area (Å²) in [6, 6.07) is 10.8. The number of amides is 2. The number of hydrogen-bond donors (Lipinski definition) is 2. The van der Waals surface area contributed by atoms with Crippen molar-refractivity contribution in [2.75, 3.05) is 18.5 Å². The lowest BCUT2D eigenvalue weighted by Crippen LogP contribution is -2.29. The summed E-state index contributed by atoms with van der Waals surface area (Å²) in [7, 11) is 0. The molecule has 0 unspecified atom stereocenters. The third kappa shape index (κ3) is 4.01. The standard InChI is InChI=1S/C17H15FN2O4/c18-12-2-1-3-13(7-12)23-9-16(21)19-8-11-4-5-14-15(6-11)24-10-17(22)20-14/h1-7H,8-10H2,(H,19,21)(H,20,22). The van der Waals surface area contributed by atoms with Gasteiger partial charge in [-0.05, 0) is 29.8 Å². The van der Waals surface area contributed by atoms with Gasteiger partial charge in [0.1, 0.15) is 17.3 Å². The number of fused-ring (bicyclic) bond motifs is 1.